The van der Waals surface area contributed by atoms with E-state index < -0.39 is 34.9 Å². The van der Waals surface area contributed by atoms with Crippen LogP contribution in [0.15, 0.2) is 19.2 Å². The number of aliphatic hydroxyl groups is 1. The molecule has 3 heterocycles. The summed E-state index contributed by atoms with van der Waals surface area (Å²) in [4.78, 5) is 49.2. The molecule has 2 aromatic rings. The van der Waals surface area contributed by atoms with Gasteiger partial charge in [-0.05, 0) is 6.92 Å². The summed E-state index contributed by atoms with van der Waals surface area (Å²) in [5.41, 5.74) is -1.32. The number of aliphatic hydroxyl groups excluding tert-OH is 1. The molecule has 1 aliphatic rings. The minimum atomic E-state index is -1.59. The summed E-state index contributed by atoms with van der Waals surface area (Å²) >= 11 is 0. The molecule has 10 heteroatoms. The highest BCUT2D eigenvalue weighted by Crippen LogP contribution is 2.33. The van der Waals surface area contributed by atoms with Crippen molar-refractivity contribution in [1.82, 2.24) is 18.3 Å². The van der Waals surface area contributed by atoms with Crippen LogP contribution < -0.4 is 22.5 Å². The first kappa shape index (κ1) is 18.1. The Morgan fingerprint density at radius 3 is 1.92 bits per heavy atom. The molecule has 0 radical (unpaired) electrons. The van der Waals surface area contributed by atoms with E-state index in [4.69, 9.17) is 4.74 Å². The molecule has 1 N–H and O–H groups in total. The summed E-state index contributed by atoms with van der Waals surface area (Å²) in [7, 11) is 5.68. The Balaban J connectivity index is 2.27. The van der Waals surface area contributed by atoms with Gasteiger partial charge in [-0.15, -0.1) is 0 Å². The summed E-state index contributed by atoms with van der Waals surface area (Å²) in [6, 6.07) is 0. The summed E-state index contributed by atoms with van der Waals surface area (Å²) in [6.07, 6.45) is -2.45. The van der Waals surface area contributed by atoms with Gasteiger partial charge in [0.1, 0.15) is 0 Å². The van der Waals surface area contributed by atoms with Gasteiger partial charge in [0.25, 0.3) is 11.1 Å². The van der Waals surface area contributed by atoms with Gasteiger partial charge < -0.3 is 19.0 Å². The van der Waals surface area contributed by atoms with Gasteiger partial charge in [0.15, 0.2) is 6.29 Å². The minimum Gasteiger partial charge on any atom is -0.364 e. The zero-order valence-corrected chi connectivity index (χ0v) is 15.1. The van der Waals surface area contributed by atoms with Crippen LogP contribution >= 0.6 is 0 Å². The van der Waals surface area contributed by atoms with Gasteiger partial charge in [-0.3, -0.25) is 18.7 Å². The van der Waals surface area contributed by atoms with Crippen LogP contribution in [0.3, 0.4) is 0 Å². The fourth-order valence-electron chi connectivity index (χ4n) is 3.37. The predicted molar refractivity (Wildman–Crippen MR) is 91.1 cm³/mol. The molecular weight excluding hydrogens is 344 g/mol. The highest BCUT2D eigenvalue weighted by Gasteiger charge is 2.35. The van der Waals surface area contributed by atoms with Crippen LogP contribution in [0.5, 0.6) is 0 Å². The Bertz CT molecular complexity index is 1150. The topological polar surface area (TPSA) is 117 Å². The van der Waals surface area contributed by atoms with E-state index in [1.165, 1.54) is 37.3 Å². The molecular formula is C16H20N4O6. The molecule has 2 atom stereocenters. The lowest BCUT2D eigenvalue weighted by Gasteiger charge is -2.31. The van der Waals surface area contributed by atoms with Crippen LogP contribution in [0.2, 0.25) is 0 Å². The number of fused-ring (bicyclic) bond motifs is 1. The summed E-state index contributed by atoms with van der Waals surface area (Å²) < 4.78 is 9.96. The number of aromatic nitrogens is 4. The second kappa shape index (κ2) is 5.92. The largest absolute Gasteiger partial charge is 0.364 e. The molecule has 26 heavy (non-hydrogen) atoms. The van der Waals surface area contributed by atoms with Crippen LogP contribution in [0.1, 0.15) is 34.9 Å². The number of ether oxygens (including phenoxy) is 1. The zero-order valence-electron chi connectivity index (χ0n) is 15.1. The first-order chi connectivity index (χ1) is 12.1. The van der Waals surface area contributed by atoms with E-state index in [2.05, 4.69) is 0 Å². The van der Waals surface area contributed by atoms with E-state index in [1.807, 2.05) is 0 Å². The number of nitrogens with zero attached hydrogens (tertiary/aromatic N) is 4. The fourth-order valence-corrected chi connectivity index (χ4v) is 3.37. The first-order valence-electron chi connectivity index (χ1n) is 7.96. The van der Waals surface area contributed by atoms with Crippen molar-refractivity contribution in [2.24, 2.45) is 28.2 Å². The van der Waals surface area contributed by atoms with Crippen molar-refractivity contribution < 1.29 is 9.84 Å². The molecule has 3 rings (SSSR count). The van der Waals surface area contributed by atoms with E-state index in [1.54, 1.807) is 6.92 Å². The maximum Gasteiger partial charge on any atom is 0.330 e. The molecule has 0 fully saturated rings. The average Bonchev–Trinajstić information content (AvgIpc) is 2.61. The van der Waals surface area contributed by atoms with E-state index in [0.717, 1.165) is 9.13 Å². The van der Waals surface area contributed by atoms with Crippen molar-refractivity contribution in [2.45, 2.75) is 25.7 Å². The van der Waals surface area contributed by atoms with Gasteiger partial charge >= 0.3 is 11.4 Å². The minimum absolute atomic E-state index is 0.0230. The molecule has 0 amide bonds. The summed E-state index contributed by atoms with van der Waals surface area (Å²) in [6.45, 7) is 1.60. The average molecular weight is 364 g/mol. The molecule has 0 aliphatic carbocycles. The van der Waals surface area contributed by atoms with Crippen molar-refractivity contribution >= 4 is 0 Å². The van der Waals surface area contributed by atoms with Crippen molar-refractivity contribution in [3.63, 3.8) is 0 Å². The highest BCUT2D eigenvalue weighted by atomic mass is 16.6. The normalized spacial score (nSPS) is 19.5. The molecule has 0 saturated heterocycles. The van der Waals surface area contributed by atoms with Gasteiger partial charge in [0.2, 0.25) is 0 Å². The van der Waals surface area contributed by atoms with Crippen molar-refractivity contribution in [3.05, 3.63) is 64.2 Å². The Hall–Kier alpha value is -2.72. The molecule has 0 saturated carbocycles. The van der Waals surface area contributed by atoms with E-state index >= 15 is 0 Å². The molecule has 0 unspecified atom stereocenters. The monoisotopic (exact) mass is 364 g/mol. The van der Waals surface area contributed by atoms with Crippen molar-refractivity contribution in [2.75, 3.05) is 0 Å². The molecule has 2 aromatic heterocycles. The Labute approximate surface area is 147 Å². The Kier molecular flexibility index (Phi) is 4.12. The predicted octanol–water partition coefficient (Wildman–Crippen LogP) is -1.91. The standard InChI is InChI=1S/C16H20N4O6/c1-7-10(12(21)19(4)15(24)17(7)2)9-6-8-11(14(23)26-9)13(22)20(5)16(25)18(8)3/h9,14,23H,6H2,1-5H3/t9-,14-/m1/s1. The molecule has 10 nitrogen and oxygen atoms in total. The maximum atomic E-state index is 12.6. The van der Waals surface area contributed by atoms with Gasteiger partial charge in [-0.2, -0.15) is 0 Å². The smallest absolute Gasteiger partial charge is 0.330 e. The SMILES string of the molecule is Cc1c([C@H]2Cc3c(c(=O)n(C)c(=O)n3C)[C@H](O)O2)c(=O)n(C)c(=O)n1C. The van der Waals surface area contributed by atoms with Crippen LogP contribution in [-0.2, 0) is 39.3 Å². The quantitative estimate of drug-likeness (QED) is 0.631. The molecule has 0 aromatic carbocycles. The fraction of sp³-hybridized carbons (Fsp3) is 0.500. The summed E-state index contributed by atoms with van der Waals surface area (Å²) in [5.74, 6) is 0. The second-order valence-electron chi connectivity index (χ2n) is 6.45. The summed E-state index contributed by atoms with van der Waals surface area (Å²) in [5, 5.41) is 10.4. The third-order valence-corrected chi connectivity index (χ3v) is 5.07. The van der Waals surface area contributed by atoms with Crippen molar-refractivity contribution in [3.8, 4) is 0 Å². The molecule has 0 bridgehead atoms. The van der Waals surface area contributed by atoms with E-state index in [-0.39, 0.29) is 17.5 Å². The Morgan fingerprint density at radius 2 is 1.35 bits per heavy atom. The first-order valence-corrected chi connectivity index (χ1v) is 7.96. The number of rotatable bonds is 1. The van der Waals surface area contributed by atoms with Crippen molar-refractivity contribution in [1.29, 1.82) is 0 Å². The molecule has 1 aliphatic heterocycles. The Morgan fingerprint density at radius 1 is 0.846 bits per heavy atom. The van der Waals surface area contributed by atoms with Crippen LogP contribution in [-0.4, -0.2) is 23.4 Å². The van der Waals surface area contributed by atoms with Gasteiger partial charge in [-0.25, -0.2) is 9.59 Å². The van der Waals surface area contributed by atoms with Crippen LogP contribution in [0.25, 0.3) is 0 Å². The zero-order chi connectivity index (χ0) is 19.5. The van der Waals surface area contributed by atoms with E-state index in [9.17, 15) is 24.3 Å². The maximum absolute atomic E-state index is 12.6. The van der Waals surface area contributed by atoms with Gasteiger partial charge in [0.05, 0.1) is 17.2 Å². The van der Waals surface area contributed by atoms with Crippen LogP contribution in [0, 0.1) is 6.92 Å². The van der Waals surface area contributed by atoms with Gasteiger partial charge in [-0.1, -0.05) is 0 Å². The third kappa shape index (κ3) is 2.33. The van der Waals surface area contributed by atoms with Gasteiger partial charge in [0, 0.05) is 46.0 Å². The lowest BCUT2D eigenvalue weighted by atomic mass is 9.98. The lowest BCUT2D eigenvalue weighted by molar-refractivity contribution is -0.154. The van der Waals surface area contributed by atoms with E-state index in [0.29, 0.717) is 11.4 Å². The number of hydrogen-bond donors (Lipinski definition) is 1. The highest BCUT2D eigenvalue weighted by molar-refractivity contribution is 5.28. The van der Waals surface area contributed by atoms with Crippen LogP contribution in [0.4, 0.5) is 0 Å². The second-order valence-corrected chi connectivity index (χ2v) is 6.45. The molecule has 140 valence electrons. The number of hydrogen-bond acceptors (Lipinski definition) is 6. The third-order valence-electron chi connectivity index (χ3n) is 5.07. The lowest BCUT2D eigenvalue weighted by Crippen LogP contribution is -2.46. The molecule has 0 spiro atoms.